The van der Waals surface area contributed by atoms with Crippen molar-refractivity contribution in [3.05, 3.63) is 0 Å². The van der Waals surface area contributed by atoms with Gasteiger partial charge < -0.3 is 5.32 Å². The van der Waals surface area contributed by atoms with Crippen LogP contribution in [0.25, 0.3) is 0 Å². The lowest BCUT2D eigenvalue weighted by Crippen LogP contribution is -2.34. The fourth-order valence-corrected chi connectivity index (χ4v) is 2.41. The van der Waals surface area contributed by atoms with Crippen LogP contribution in [0.5, 0.6) is 0 Å². The molecule has 0 aliphatic carbocycles. The summed E-state index contributed by atoms with van der Waals surface area (Å²) >= 11 is 0. The maximum atomic E-state index is 3.73. The van der Waals surface area contributed by atoms with E-state index in [9.17, 15) is 0 Å². The van der Waals surface area contributed by atoms with Gasteiger partial charge in [0.15, 0.2) is 0 Å². The number of rotatable bonds is 12. The molecule has 0 aliphatic rings. The van der Waals surface area contributed by atoms with Gasteiger partial charge in [0.2, 0.25) is 0 Å². The Kier molecular flexibility index (Phi) is 12.4. The number of unbranched alkanes of at least 4 members (excludes halogenated alkanes) is 6. The van der Waals surface area contributed by atoms with Crippen molar-refractivity contribution < 1.29 is 0 Å². The average molecular weight is 241 g/mol. The van der Waals surface area contributed by atoms with Gasteiger partial charge in [0.25, 0.3) is 0 Å². The third kappa shape index (κ3) is 12.2. The molecule has 2 atom stereocenters. The first-order chi connectivity index (χ1) is 8.20. The zero-order valence-corrected chi connectivity index (χ0v) is 12.7. The van der Waals surface area contributed by atoms with Crippen LogP contribution in [0.3, 0.4) is 0 Å². The van der Waals surface area contributed by atoms with Gasteiger partial charge in [-0.05, 0) is 26.7 Å². The molecule has 0 bridgehead atoms. The summed E-state index contributed by atoms with van der Waals surface area (Å²) < 4.78 is 0. The first kappa shape index (κ1) is 17.0. The minimum atomic E-state index is 0.702. The summed E-state index contributed by atoms with van der Waals surface area (Å²) in [5, 5.41) is 3.73. The molecule has 17 heavy (non-hydrogen) atoms. The Balaban J connectivity index is 3.35. The van der Waals surface area contributed by atoms with Crippen molar-refractivity contribution in [1.29, 1.82) is 0 Å². The molecular weight excluding hydrogens is 206 g/mol. The second-order valence-corrected chi connectivity index (χ2v) is 5.67. The molecule has 1 heteroatoms. The summed E-state index contributed by atoms with van der Waals surface area (Å²) in [7, 11) is 0. The van der Waals surface area contributed by atoms with E-state index in [1.54, 1.807) is 0 Å². The van der Waals surface area contributed by atoms with Crippen LogP contribution in [0.15, 0.2) is 0 Å². The van der Waals surface area contributed by atoms with Gasteiger partial charge in [0.05, 0.1) is 0 Å². The van der Waals surface area contributed by atoms with Crippen LogP contribution in [0.4, 0.5) is 0 Å². The molecule has 0 fully saturated rings. The van der Waals surface area contributed by atoms with E-state index < -0.39 is 0 Å². The van der Waals surface area contributed by atoms with Gasteiger partial charge >= 0.3 is 0 Å². The normalized spacial score (nSPS) is 14.8. The summed E-state index contributed by atoms with van der Waals surface area (Å²) in [4.78, 5) is 0. The quantitative estimate of drug-likeness (QED) is 0.458. The molecule has 0 aromatic carbocycles. The smallest absolute Gasteiger partial charge is 0.00412 e. The van der Waals surface area contributed by atoms with Gasteiger partial charge in [-0.3, -0.25) is 0 Å². The lowest BCUT2D eigenvalue weighted by Gasteiger charge is -2.20. The fourth-order valence-electron chi connectivity index (χ4n) is 2.41. The molecule has 0 aromatic heterocycles. The van der Waals surface area contributed by atoms with Crippen molar-refractivity contribution >= 4 is 0 Å². The second kappa shape index (κ2) is 12.4. The number of hydrogen-bond donors (Lipinski definition) is 1. The van der Waals surface area contributed by atoms with Crippen LogP contribution >= 0.6 is 0 Å². The zero-order chi connectivity index (χ0) is 12.9. The molecule has 0 aliphatic heterocycles. The van der Waals surface area contributed by atoms with Crippen LogP contribution in [0, 0.1) is 0 Å². The molecule has 0 heterocycles. The van der Waals surface area contributed by atoms with E-state index in [1.165, 1.54) is 64.2 Å². The monoisotopic (exact) mass is 241 g/mol. The van der Waals surface area contributed by atoms with E-state index in [1.807, 2.05) is 0 Å². The van der Waals surface area contributed by atoms with Gasteiger partial charge in [0.1, 0.15) is 0 Å². The Labute approximate surface area is 110 Å². The third-order valence-electron chi connectivity index (χ3n) is 3.55. The Morgan fingerprint density at radius 3 is 1.41 bits per heavy atom. The van der Waals surface area contributed by atoms with Crippen molar-refractivity contribution in [3.63, 3.8) is 0 Å². The highest BCUT2D eigenvalue weighted by molar-refractivity contribution is 4.67. The highest BCUT2D eigenvalue weighted by Gasteiger charge is 2.06. The summed E-state index contributed by atoms with van der Waals surface area (Å²) in [6, 6.07) is 1.40. The number of hydrogen-bond acceptors (Lipinski definition) is 1. The molecule has 2 unspecified atom stereocenters. The topological polar surface area (TPSA) is 12.0 Å². The summed E-state index contributed by atoms with van der Waals surface area (Å²) in [5.74, 6) is 0. The van der Waals surface area contributed by atoms with Gasteiger partial charge in [0, 0.05) is 12.1 Å². The van der Waals surface area contributed by atoms with Crippen molar-refractivity contribution in [2.45, 2.75) is 104 Å². The summed E-state index contributed by atoms with van der Waals surface area (Å²) in [6.07, 6.45) is 13.8. The highest BCUT2D eigenvalue weighted by Crippen LogP contribution is 2.09. The SMILES string of the molecule is CCCCCCC(C)NC(C)CCCCCC. The third-order valence-corrected chi connectivity index (χ3v) is 3.55. The van der Waals surface area contributed by atoms with E-state index in [0.29, 0.717) is 12.1 Å². The molecule has 0 amide bonds. The molecule has 0 aromatic rings. The van der Waals surface area contributed by atoms with Crippen molar-refractivity contribution in [1.82, 2.24) is 5.32 Å². The van der Waals surface area contributed by atoms with E-state index in [2.05, 4.69) is 33.0 Å². The molecular formula is C16H35N. The van der Waals surface area contributed by atoms with Crippen molar-refractivity contribution in [2.75, 3.05) is 0 Å². The minimum absolute atomic E-state index is 0.702. The Morgan fingerprint density at radius 1 is 0.647 bits per heavy atom. The Hall–Kier alpha value is -0.0400. The summed E-state index contributed by atoms with van der Waals surface area (Å²) in [6.45, 7) is 9.24. The zero-order valence-electron chi connectivity index (χ0n) is 12.7. The molecule has 0 saturated carbocycles. The minimum Gasteiger partial charge on any atom is -0.312 e. The fraction of sp³-hybridized carbons (Fsp3) is 1.00. The van der Waals surface area contributed by atoms with E-state index in [-0.39, 0.29) is 0 Å². The molecule has 1 nitrogen and oxygen atoms in total. The first-order valence-electron chi connectivity index (χ1n) is 7.96. The van der Waals surface area contributed by atoms with Gasteiger partial charge in [-0.25, -0.2) is 0 Å². The van der Waals surface area contributed by atoms with E-state index >= 15 is 0 Å². The second-order valence-electron chi connectivity index (χ2n) is 5.67. The first-order valence-corrected chi connectivity index (χ1v) is 7.96. The van der Waals surface area contributed by atoms with Crippen molar-refractivity contribution in [2.24, 2.45) is 0 Å². The predicted octanol–water partition coefficient (Wildman–Crippen LogP) is 5.29. The van der Waals surface area contributed by atoms with Gasteiger partial charge in [-0.15, -0.1) is 0 Å². The lowest BCUT2D eigenvalue weighted by molar-refractivity contribution is 0.404. The average Bonchev–Trinajstić information content (AvgIpc) is 2.30. The molecule has 0 saturated heterocycles. The maximum Gasteiger partial charge on any atom is 0.00412 e. The predicted molar refractivity (Wildman–Crippen MR) is 79.6 cm³/mol. The van der Waals surface area contributed by atoms with Crippen LogP contribution in [-0.4, -0.2) is 12.1 Å². The van der Waals surface area contributed by atoms with Crippen molar-refractivity contribution in [3.8, 4) is 0 Å². The molecule has 0 rings (SSSR count). The highest BCUT2D eigenvalue weighted by atomic mass is 14.9. The maximum absolute atomic E-state index is 3.73. The van der Waals surface area contributed by atoms with Crippen LogP contribution in [0.1, 0.15) is 91.9 Å². The van der Waals surface area contributed by atoms with Gasteiger partial charge in [-0.2, -0.15) is 0 Å². The van der Waals surface area contributed by atoms with Crippen LogP contribution in [-0.2, 0) is 0 Å². The Bertz CT molecular complexity index is 128. The largest absolute Gasteiger partial charge is 0.312 e. The lowest BCUT2D eigenvalue weighted by atomic mass is 10.1. The number of nitrogens with one attached hydrogen (secondary N) is 1. The van der Waals surface area contributed by atoms with Crippen LogP contribution < -0.4 is 5.32 Å². The molecule has 104 valence electrons. The molecule has 0 spiro atoms. The standard InChI is InChI=1S/C16H35N/c1-5-7-9-11-13-15(3)17-16(4)14-12-10-8-6-2/h15-17H,5-14H2,1-4H3. The summed E-state index contributed by atoms with van der Waals surface area (Å²) in [5.41, 5.74) is 0. The molecule has 1 N–H and O–H groups in total. The van der Waals surface area contributed by atoms with Gasteiger partial charge in [-0.1, -0.05) is 65.2 Å². The van der Waals surface area contributed by atoms with Crippen LogP contribution in [0.2, 0.25) is 0 Å². The van der Waals surface area contributed by atoms with E-state index in [4.69, 9.17) is 0 Å². The molecule has 0 radical (unpaired) electrons. The van der Waals surface area contributed by atoms with E-state index in [0.717, 1.165) is 0 Å². The Morgan fingerprint density at radius 2 is 1.06 bits per heavy atom.